The maximum atomic E-state index is 12.7. The van der Waals surface area contributed by atoms with Crippen LogP contribution in [0, 0.1) is 5.92 Å². The van der Waals surface area contributed by atoms with E-state index in [9.17, 15) is 9.59 Å². The van der Waals surface area contributed by atoms with E-state index in [1.165, 1.54) is 24.8 Å². The van der Waals surface area contributed by atoms with Crippen molar-refractivity contribution in [1.29, 1.82) is 0 Å². The zero-order valence-corrected chi connectivity index (χ0v) is 18.4. The summed E-state index contributed by atoms with van der Waals surface area (Å²) in [5.74, 6) is 0.478. The van der Waals surface area contributed by atoms with Crippen LogP contribution in [0.5, 0.6) is 0 Å². The highest BCUT2D eigenvalue weighted by molar-refractivity contribution is 5.78. The number of benzene rings is 1. The SMILES string of the molecule is CC(=O)N[C@@]12CN(CC(=O)NC3CCCCC3)CC[C@@H]1[C@@H](c1ccccc1)N(C)C2. The van der Waals surface area contributed by atoms with Crippen LogP contribution in [0.15, 0.2) is 30.3 Å². The molecule has 0 spiro atoms. The van der Waals surface area contributed by atoms with Crippen molar-refractivity contribution in [2.75, 3.05) is 33.2 Å². The van der Waals surface area contributed by atoms with Gasteiger partial charge in [-0.3, -0.25) is 19.4 Å². The number of likely N-dealkylation sites (N-methyl/N-ethyl adjacent to an activating group) is 1. The molecule has 3 atom stereocenters. The lowest BCUT2D eigenvalue weighted by Crippen LogP contribution is -2.64. The second-order valence-electron chi connectivity index (χ2n) is 9.62. The first kappa shape index (κ1) is 21.3. The molecule has 6 nitrogen and oxygen atoms in total. The van der Waals surface area contributed by atoms with Gasteiger partial charge in [0.15, 0.2) is 0 Å². The molecule has 0 bridgehead atoms. The van der Waals surface area contributed by atoms with Crippen LogP contribution in [-0.4, -0.2) is 66.4 Å². The van der Waals surface area contributed by atoms with Crippen LogP contribution < -0.4 is 10.6 Å². The molecule has 2 saturated heterocycles. The number of piperidine rings is 1. The number of rotatable bonds is 5. The van der Waals surface area contributed by atoms with Crippen molar-refractivity contribution >= 4 is 11.8 Å². The van der Waals surface area contributed by atoms with E-state index in [-0.39, 0.29) is 23.4 Å². The lowest BCUT2D eigenvalue weighted by Gasteiger charge is -2.45. The quantitative estimate of drug-likeness (QED) is 0.779. The molecule has 30 heavy (non-hydrogen) atoms. The molecule has 2 amide bonds. The Balaban J connectivity index is 1.46. The van der Waals surface area contributed by atoms with Crippen molar-refractivity contribution in [3.8, 4) is 0 Å². The normalized spacial score (nSPS) is 30.6. The summed E-state index contributed by atoms with van der Waals surface area (Å²) in [4.78, 5) is 29.5. The summed E-state index contributed by atoms with van der Waals surface area (Å²) < 4.78 is 0. The Labute approximate surface area is 180 Å². The first-order valence-electron chi connectivity index (χ1n) is 11.5. The molecule has 1 saturated carbocycles. The maximum Gasteiger partial charge on any atom is 0.234 e. The van der Waals surface area contributed by atoms with Crippen molar-refractivity contribution in [2.24, 2.45) is 5.92 Å². The summed E-state index contributed by atoms with van der Waals surface area (Å²) in [6.45, 7) is 4.45. The molecule has 0 aromatic heterocycles. The molecule has 4 rings (SSSR count). The molecule has 1 aliphatic carbocycles. The van der Waals surface area contributed by atoms with Crippen LogP contribution in [0.2, 0.25) is 0 Å². The van der Waals surface area contributed by atoms with Gasteiger partial charge in [0.2, 0.25) is 11.8 Å². The topological polar surface area (TPSA) is 64.7 Å². The van der Waals surface area contributed by atoms with Gasteiger partial charge in [-0.2, -0.15) is 0 Å². The standard InChI is InChI=1S/C24H36N4O2/c1-18(29)26-24-16-27(2)23(19-9-5-3-6-10-19)21(24)13-14-28(17-24)15-22(30)25-20-11-7-4-8-12-20/h3,5-6,9-10,20-21,23H,4,7-8,11-17H2,1-2H3,(H,25,30)(H,26,29)/t21-,23-,24+/m1/s1. The summed E-state index contributed by atoms with van der Waals surface area (Å²) in [5.41, 5.74) is 0.991. The summed E-state index contributed by atoms with van der Waals surface area (Å²) in [6.07, 6.45) is 6.90. The Morgan fingerprint density at radius 3 is 2.50 bits per heavy atom. The minimum atomic E-state index is -0.315. The van der Waals surface area contributed by atoms with Crippen LogP contribution in [0.3, 0.4) is 0 Å². The van der Waals surface area contributed by atoms with Gasteiger partial charge in [-0.05, 0) is 38.4 Å². The minimum absolute atomic E-state index is 0.00983. The lowest BCUT2D eigenvalue weighted by molar-refractivity contribution is -0.124. The van der Waals surface area contributed by atoms with Gasteiger partial charge < -0.3 is 10.6 Å². The van der Waals surface area contributed by atoms with Crippen LogP contribution >= 0.6 is 0 Å². The van der Waals surface area contributed by atoms with Crippen molar-refractivity contribution in [1.82, 2.24) is 20.4 Å². The van der Waals surface area contributed by atoms with Gasteiger partial charge in [-0.1, -0.05) is 49.6 Å². The number of carbonyl (C=O) groups is 2. The van der Waals surface area contributed by atoms with E-state index in [0.717, 1.165) is 38.9 Å². The number of amides is 2. The number of fused-ring (bicyclic) bond motifs is 1. The Hall–Kier alpha value is -1.92. The van der Waals surface area contributed by atoms with Gasteiger partial charge in [0.1, 0.15) is 0 Å². The molecule has 6 heteroatoms. The van der Waals surface area contributed by atoms with E-state index in [0.29, 0.717) is 18.5 Å². The summed E-state index contributed by atoms with van der Waals surface area (Å²) in [5, 5.41) is 6.56. The second-order valence-corrected chi connectivity index (χ2v) is 9.62. The molecular formula is C24H36N4O2. The monoisotopic (exact) mass is 412 g/mol. The number of nitrogens with one attached hydrogen (secondary N) is 2. The van der Waals surface area contributed by atoms with Gasteiger partial charge in [0, 0.05) is 38.0 Å². The van der Waals surface area contributed by atoms with Gasteiger partial charge in [-0.15, -0.1) is 0 Å². The highest BCUT2D eigenvalue weighted by Crippen LogP contribution is 2.46. The Bertz CT molecular complexity index is 749. The van der Waals surface area contributed by atoms with Gasteiger partial charge in [-0.25, -0.2) is 0 Å². The predicted octanol–water partition coefficient (Wildman–Crippen LogP) is 2.32. The number of likely N-dealkylation sites (tertiary alicyclic amines) is 2. The zero-order chi connectivity index (χ0) is 21.1. The average Bonchev–Trinajstić information content (AvgIpc) is 2.99. The van der Waals surface area contributed by atoms with E-state index in [1.807, 2.05) is 6.07 Å². The molecule has 3 fully saturated rings. The number of carbonyl (C=O) groups excluding carboxylic acids is 2. The summed E-state index contributed by atoms with van der Waals surface area (Å²) in [6, 6.07) is 11.2. The number of nitrogens with zero attached hydrogens (tertiary/aromatic N) is 2. The fourth-order valence-electron chi connectivity index (χ4n) is 6.19. The molecule has 0 radical (unpaired) electrons. The van der Waals surface area contributed by atoms with E-state index in [4.69, 9.17) is 0 Å². The predicted molar refractivity (Wildman–Crippen MR) is 118 cm³/mol. The van der Waals surface area contributed by atoms with Crippen LogP contribution in [-0.2, 0) is 9.59 Å². The van der Waals surface area contributed by atoms with Gasteiger partial charge in [0.05, 0.1) is 12.1 Å². The number of hydrogen-bond donors (Lipinski definition) is 2. The third-order valence-electron chi connectivity index (χ3n) is 7.26. The summed E-state index contributed by atoms with van der Waals surface area (Å²) >= 11 is 0. The second kappa shape index (κ2) is 9.06. The van der Waals surface area contributed by atoms with Crippen LogP contribution in [0.4, 0.5) is 0 Å². The van der Waals surface area contributed by atoms with E-state index < -0.39 is 0 Å². The fraction of sp³-hybridized carbons (Fsp3) is 0.667. The molecular weight excluding hydrogens is 376 g/mol. The maximum absolute atomic E-state index is 12.7. The van der Waals surface area contributed by atoms with E-state index in [2.05, 4.69) is 51.7 Å². The van der Waals surface area contributed by atoms with Crippen molar-refractivity contribution in [2.45, 2.75) is 63.1 Å². The molecule has 164 valence electrons. The Morgan fingerprint density at radius 1 is 1.07 bits per heavy atom. The van der Waals surface area contributed by atoms with Crippen molar-refractivity contribution in [3.05, 3.63) is 35.9 Å². The number of hydrogen-bond acceptors (Lipinski definition) is 4. The highest BCUT2D eigenvalue weighted by Gasteiger charge is 2.54. The molecule has 2 N–H and O–H groups in total. The molecule has 2 aliphatic heterocycles. The van der Waals surface area contributed by atoms with Gasteiger partial charge in [0.25, 0.3) is 0 Å². The largest absolute Gasteiger partial charge is 0.352 e. The highest BCUT2D eigenvalue weighted by atomic mass is 16.2. The average molecular weight is 413 g/mol. The van der Waals surface area contributed by atoms with Gasteiger partial charge >= 0.3 is 0 Å². The smallest absolute Gasteiger partial charge is 0.234 e. The molecule has 0 unspecified atom stereocenters. The van der Waals surface area contributed by atoms with E-state index >= 15 is 0 Å². The third kappa shape index (κ3) is 4.54. The Kier molecular flexibility index (Phi) is 6.44. The molecule has 1 aromatic carbocycles. The Morgan fingerprint density at radius 2 is 1.80 bits per heavy atom. The van der Waals surface area contributed by atoms with Crippen LogP contribution in [0.1, 0.15) is 57.1 Å². The summed E-state index contributed by atoms with van der Waals surface area (Å²) in [7, 11) is 2.15. The molecule has 2 heterocycles. The first-order chi connectivity index (χ1) is 14.5. The van der Waals surface area contributed by atoms with Crippen molar-refractivity contribution in [3.63, 3.8) is 0 Å². The first-order valence-corrected chi connectivity index (χ1v) is 11.5. The molecule has 1 aromatic rings. The molecule has 3 aliphatic rings. The minimum Gasteiger partial charge on any atom is -0.352 e. The zero-order valence-electron chi connectivity index (χ0n) is 18.4. The van der Waals surface area contributed by atoms with Crippen molar-refractivity contribution < 1.29 is 9.59 Å². The lowest BCUT2D eigenvalue weighted by atomic mass is 9.75. The van der Waals surface area contributed by atoms with Crippen LogP contribution in [0.25, 0.3) is 0 Å². The van der Waals surface area contributed by atoms with E-state index in [1.54, 1.807) is 6.92 Å². The fourth-order valence-corrected chi connectivity index (χ4v) is 6.19. The third-order valence-corrected chi connectivity index (χ3v) is 7.26.